The lowest BCUT2D eigenvalue weighted by atomic mass is 9.86. The predicted molar refractivity (Wildman–Crippen MR) is 163 cm³/mol. The molecule has 3 aromatic rings. The highest BCUT2D eigenvalue weighted by atomic mass is 79.9. The third-order valence-electron chi connectivity index (χ3n) is 6.55. The molecule has 0 aliphatic heterocycles. The van der Waals surface area contributed by atoms with Crippen molar-refractivity contribution >= 4 is 37.8 Å². The van der Waals surface area contributed by atoms with E-state index >= 15 is 0 Å². The molecule has 1 aliphatic carbocycles. The zero-order valence-electron chi connectivity index (χ0n) is 22.1. The number of hydrogen-bond donors (Lipinski definition) is 0. The SMILES string of the molecule is Brc1ccc(CCCCCc2ccc3c(c2)CC3)cc1.C=CC(=O)OCCCCOCc1ccc(Br)cc1. The molecule has 0 fully saturated rings. The number of ether oxygens (including phenoxy) is 2. The lowest BCUT2D eigenvalue weighted by Crippen LogP contribution is -2.08. The van der Waals surface area contributed by atoms with E-state index in [0.29, 0.717) is 19.8 Å². The molecule has 0 saturated carbocycles. The van der Waals surface area contributed by atoms with Crippen molar-refractivity contribution in [3.05, 3.63) is 116 Å². The van der Waals surface area contributed by atoms with Gasteiger partial charge in [-0.05, 0) is 103 Å². The first kappa shape index (κ1) is 30.3. The number of benzene rings is 3. The van der Waals surface area contributed by atoms with Gasteiger partial charge in [-0.25, -0.2) is 4.79 Å². The molecule has 0 atom stereocenters. The smallest absolute Gasteiger partial charge is 0.330 e. The van der Waals surface area contributed by atoms with E-state index in [1.165, 1.54) is 66.6 Å². The quantitative estimate of drug-likeness (QED) is 0.100. The first-order chi connectivity index (χ1) is 18.5. The van der Waals surface area contributed by atoms with Gasteiger partial charge in [0.15, 0.2) is 0 Å². The Balaban J connectivity index is 0.000000212. The molecule has 1 aliphatic rings. The normalized spacial score (nSPS) is 11.5. The molecule has 202 valence electrons. The van der Waals surface area contributed by atoms with Crippen LogP contribution >= 0.6 is 31.9 Å². The second-order valence-electron chi connectivity index (χ2n) is 9.55. The van der Waals surface area contributed by atoms with Crippen LogP contribution in [0.3, 0.4) is 0 Å². The van der Waals surface area contributed by atoms with E-state index in [1.54, 1.807) is 11.1 Å². The van der Waals surface area contributed by atoms with Crippen molar-refractivity contribution in [2.24, 2.45) is 0 Å². The van der Waals surface area contributed by atoms with Gasteiger partial charge in [-0.2, -0.15) is 0 Å². The van der Waals surface area contributed by atoms with Crippen LogP contribution in [0.25, 0.3) is 0 Å². The van der Waals surface area contributed by atoms with Crippen molar-refractivity contribution in [2.45, 2.75) is 64.4 Å². The third kappa shape index (κ3) is 11.7. The van der Waals surface area contributed by atoms with Crippen LogP contribution in [-0.4, -0.2) is 19.2 Å². The fraction of sp³-hybridized carbons (Fsp3) is 0.364. The van der Waals surface area contributed by atoms with Crippen LogP contribution in [0, 0.1) is 0 Å². The van der Waals surface area contributed by atoms with Gasteiger partial charge in [0.25, 0.3) is 0 Å². The highest BCUT2D eigenvalue weighted by Crippen LogP contribution is 2.24. The Hall–Kier alpha value is -2.21. The minimum atomic E-state index is -0.370. The monoisotopic (exact) mass is 640 g/mol. The molecule has 4 rings (SSSR count). The number of rotatable bonds is 14. The van der Waals surface area contributed by atoms with Crippen LogP contribution in [0.5, 0.6) is 0 Å². The molecule has 0 radical (unpaired) electrons. The minimum absolute atomic E-state index is 0.370. The number of aryl methyl sites for hydroxylation is 4. The van der Waals surface area contributed by atoms with Gasteiger partial charge in [0.1, 0.15) is 0 Å². The number of carbonyl (C=O) groups excluding carboxylic acids is 1. The molecule has 38 heavy (non-hydrogen) atoms. The molecule has 0 bridgehead atoms. The van der Waals surface area contributed by atoms with Gasteiger partial charge < -0.3 is 9.47 Å². The zero-order valence-corrected chi connectivity index (χ0v) is 25.3. The van der Waals surface area contributed by atoms with Gasteiger partial charge in [0.05, 0.1) is 13.2 Å². The zero-order chi connectivity index (χ0) is 27.0. The maximum Gasteiger partial charge on any atom is 0.330 e. The molecule has 5 heteroatoms. The van der Waals surface area contributed by atoms with Gasteiger partial charge in [-0.15, -0.1) is 0 Å². The molecular weight excluding hydrogens is 604 g/mol. The van der Waals surface area contributed by atoms with Crippen molar-refractivity contribution in [2.75, 3.05) is 13.2 Å². The summed E-state index contributed by atoms with van der Waals surface area (Å²) in [5.74, 6) is -0.370. The number of unbranched alkanes of at least 4 members (excludes halogenated alkanes) is 3. The Morgan fingerprint density at radius 1 is 0.711 bits per heavy atom. The molecule has 0 N–H and O–H groups in total. The second-order valence-corrected chi connectivity index (χ2v) is 11.4. The van der Waals surface area contributed by atoms with Crippen LogP contribution in [0.2, 0.25) is 0 Å². The molecule has 0 amide bonds. The van der Waals surface area contributed by atoms with Crippen molar-refractivity contribution in [3.8, 4) is 0 Å². The predicted octanol–water partition coefficient (Wildman–Crippen LogP) is 8.98. The summed E-state index contributed by atoms with van der Waals surface area (Å²) < 4.78 is 12.6. The fourth-order valence-corrected chi connectivity index (χ4v) is 4.73. The average molecular weight is 642 g/mol. The number of esters is 1. The van der Waals surface area contributed by atoms with Crippen LogP contribution < -0.4 is 0 Å². The van der Waals surface area contributed by atoms with Gasteiger partial charge in [0.2, 0.25) is 0 Å². The van der Waals surface area contributed by atoms with E-state index in [2.05, 4.69) is 80.9 Å². The van der Waals surface area contributed by atoms with Gasteiger partial charge >= 0.3 is 5.97 Å². The highest BCUT2D eigenvalue weighted by molar-refractivity contribution is 9.10. The molecule has 0 aromatic heterocycles. The molecule has 0 unspecified atom stereocenters. The summed E-state index contributed by atoms with van der Waals surface area (Å²) in [4.78, 5) is 10.7. The van der Waals surface area contributed by atoms with E-state index in [-0.39, 0.29) is 5.97 Å². The number of hydrogen-bond acceptors (Lipinski definition) is 3. The Kier molecular flexibility index (Phi) is 13.9. The number of fused-ring (bicyclic) bond motifs is 1. The molecule has 0 saturated heterocycles. The van der Waals surface area contributed by atoms with Crippen molar-refractivity contribution in [1.82, 2.24) is 0 Å². The van der Waals surface area contributed by atoms with E-state index in [0.717, 1.165) is 22.9 Å². The topological polar surface area (TPSA) is 35.5 Å². The maximum atomic E-state index is 10.7. The Bertz CT molecular complexity index is 1120. The molecule has 3 aromatic carbocycles. The summed E-state index contributed by atoms with van der Waals surface area (Å²) in [6.07, 6.45) is 11.8. The fourth-order valence-electron chi connectivity index (χ4n) is 4.20. The van der Waals surface area contributed by atoms with Crippen LogP contribution in [-0.2, 0) is 46.6 Å². The molecule has 0 spiro atoms. The van der Waals surface area contributed by atoms with Crippen molar-refractivity contribution < 1.29 is 14.3 Å². The van der Waals surface area contributed by atoms with Gasteiger partial charge in [0, 0.05) is 21.6 Å². The first-order valence-corrected chi connectivity index (χ1v) is 15.1. The third-order valence-corrected chi connectivity index (χ3v) is 7.61. The summed E-state index contributed by atoms with van der Waals surface area (Å²) in [7, 11) is 0. The maximum absolute atomic E-state index is 10.7. The Morgan fingerprint density at radius 2 is 1.29 bits per heavy atom. The summed E-state index contributed by atoms with van der Waals surface area (Å²) in [6, 6.07) is 23.8. The minimum Gasteiger partial charge on any atom is -0.463 e. The summed E-state index contributed by atoms with van der Waals surface area (Å²) in [6.45, 7) is 5.03. The molecule has 3 nitrogen and oxygen atoms in total. The van der Waals surface area contributed by atoms with E-state index in [1.807, 2.05) is 24.3 Å². The van der Waals surface area contributed by atoms with Crippen molar-refractivity contribution in [3.63, 3.8) is 0 Å². The van der Waals surface area contributed by atoms with Crippen LogP contribution in [0.4, 0.5) is 0 Å². The lowest BCUT2D eigenvalue weighted by molar-refractivity contribution is -0.137. The molecule has 0 heterocycles. The standard InChI is InChI=1S/C19H21Br.C14H17BrO3/c20-19-12-7-15(8-13-19)4-2-1-3-5-16-6-9-17-10-11-18(17)14-16;1-2-14(16)18-10-4-3-9-17-11-12-5-7-13(15)8-6-12/h6-9,12-14H,1-5,10-11H2;2,5-8H,1,3-4,9-11H2. The number of halogens is 2. The van der Waals surface area contributed by atoms with Gasteiger partial charge in [-0.1, -0.05) is 87.3 Å². The largest absolute Gasteiger partial charge is 0.463 e. The Morgan fingerprint density at radius 3 is 1.89 bits per heavy atom. The first-order valence-electron chi connectivity index (χ1n) is 13.5. The summed E-state index contributed by atoms with van der Waals surface area (Å²) >= 11 is 6.86. The van der Waals surface area contributed by atoms with Gasteiger partial charge in [-0.3, -0.25) is 0 Å². The van der Waals surface area contributed by atoms with E-state index in [4.69, 9.17) is 9.47 Å². The second kappa shape index (κ2) is 17.4. The lowest BCUT2D eigenvalue weighted by Gasteiger charge is -2.19. The Labute approximate surface area is 244 Å². The van der Waals surface area contributed by atoms with Crippen LogP contribution in [0.1, 0.15) is 59.9 Å². The van der Waals surface area contributed by atoms with Crippen LogP contribution in [0.15, 0.2) is 88.3 Å². The highest BCUT2D eigenvalue weighted by Gasteiger charge is 2.12. The summed E-state index contributed by atoms with van der Waals surface area (Å²) in [5.41, 5.74) is 7.30. The summed E-state index contributed by atoms with van der Waals surface area (Å²) in [5, 5.41) is 0. The number of carbonyl (C=O) groups is 1. The molecular formula is C33H38Br2O3. The van der Waals surface area contributed by atoms with Crippen molar-refractivity contribution in [1.29, 1.82) is 0 Å². The van der Waals surface area contributed by atoms with E-state index in [9.17, 15) is 4.79 Å². The van der Waals surface area contributed by atoms with E-state index < -0.39 is 0 Å². The average Bonchev–Trinajstić information content (AvgIpc) is 2.91.